The van der Waals surface area contributed by atoms with Crippen molar-refractivity contribution < 1.29 is 19.1 Å². The molecule has 1 amide bonds. The Morgan fingerprint density at radius 1 is 1.36 bits per heavy atom. The molecular formula is C17H23NO4. The molecule has 0 N–H and O–H groups in total. The van der Waals surface area contributed by atoms with Crippen molar-refractivity contribution in [3.05, 3.63) is 29.8 Å². The van der Waals surface area contributed by atoms with Crippen LogP contribution in [0.4, 0.5) is 0 Å². The fourth-order valence-corrected chi connectivity index (χ4v) is 2.36. The lowest BCUT2D eigenvalue weighted by Crippen LogP contribution is -2.39. The Hall–Kier alpha value is -2.04. The molecule has 1 aliphatic carbocycles. The molecule has 1 aliphatic rings. The van der Waals surface area contributed by atoms with Gasteiger partial charge in [0.05, 0.1) is 19.6 Å². The van der Waals surface area contributed by atoms with Gasteiger partial charge in [-0.1, -0.05) is 13.0 Å². The molecular weight excluding hydrogens is 282 g/mol. The molecule has 0 spiro atoms. The molecule has 1 aromatic rings. The van der Waals surface area contributed by atoms with E-state index in [1.165, 1.54) is 0 Å². The molecule has 120 valence electrons. The number of amides is 1. The highest BCUT2D eigenvalue weighted by atomic mass is 16.5. The van der Waals surface area contributed by atoms with Crippen LogP contribution in [-0.4, -0.2) is 43.1 Å². The lowest BCUT2D eigenvalue weighted by atomic mass is 10.1. The van der Waals surface area contributed by atoms with Crippen LogP contribution >= 0.6 is 0 Å². The molecule has 22 heavy (non-hydrogen) atoms. The van der Waals surface area contributed by atoms with E-state index in [0.717, 1.165) is 12.8 Å². The Kier molecular flexibility index (Phi) is 5.41. The molecule has 1 saturated carbocycles. The predicted octanol–water partition coefficient (Wildman–Crippen LogP) is 2.50. The van der Waals surface area contributed by atoms with Gasteiger partial charge in [0.15, 0.2) is 0 Å². The summed E-state index contributed by atoms with van der Waals surface area (Å²) in [5.41, 5.74) is 0.585. The maximum Gasteiger partial charge on any atom is 0.310 e. The first-order chi connectivity index (χ1) is 10.6. The first kappa shape index (κ1) is 16.3. The standard InChI is InChI=1S/C17H23NO4/c1-4-22-17(20)12(2)11-18(14-8-9-14)16(19)13-6-5-7-15(10-13)21-3/h5-7,10,12,14H,4,8-9,11H2,1-3H3. The summed E-state index contributed by atoms with van der Waals surface area (Å²) in [6.45, 7) is 4.33. The molecule has 0 heterocycles. The minimum absolute atomic E-state index is 0.0578. The van der Waals surface area contributed by atoms with Crippen LogP contribution in [-0.2, 0) is 9.53 Å². The first-order valence-corrected chi connectivity index (χ1v) is 7.68. The van der Waals surface area contributed by atoms with Crippen molar-refractivity contribution in [2.24, 2.45) is 5.92 Å². The van der Waals surface area contributed by atoms with Gasteiger partial charge in [-0.05, 0) is 38.0 Å². The van der Waals surface area contributed by atoms with E-state index in [0.29, 0.717) is 24.5 Å². The Labute approximate surface area is 131 Å². The van der Waals surface area contributed by atoms with Gasteiger partial charge in [0, 0.05) is 18.2 Å². The number of esters is 1. The van der Waals surface area contributed by atoms with Gasteiger partial charge in [-0.25, -0.2) is 0 Å². The largest absolute Gasteiger partial charge is 0.497 e. The summed E-state index contributed by atoms with van der Waals surface area (Å²) in [6.07, 6.45) is 1.98. The van der Waals surface area contributed by atoms with Crippen molar-refractivity contribution in [3.63, 3.8) is 0 Å². The van der Waals surface area contributed by atoms with E-state index in [2.05, 4.69) is 0 Å². The smallest absolute Gasteiger partial charge is 0.310 e. The van der Waals surface area contributed by atoms with Crippen LogP contribution in [0.15, 0.2) is 24.3 Å². The molecule has 0 radical (unpaired) electrons. The highest BCUT2D eigenvalue weighted by molar-refractivity contribution is 5.95. The van der Waals surface area contributed by atoms with E-state index in [1.54, 1.807) is 50.1 Å². The number of hydrogen-bond donors (Lipinski definition) is 0. The molecule has 1 unspecified atom stereocenters. The van der Waals surface area contributed by atoms with Gasteiger partial charge in [0.25, 0.3) is 5.91 Å². The summed E-state index contributed by atoms with van der Waals surface area (Å²) >= 11 is 0. The van der Waals surface area contributed by atoms with Crippen molar-refractivity contribution >= 4 is 11.9 Å². The average Bonchev–Trinajstić information content (AvgIpc) is 3.36. The van der Waals surface area contributed by atoms with E-state index < -0.39 is 0 Å². The first-order valence-electron chi connectivity index (χ1n) is 7.68. The maximum atomic E-state index is 12.7. The van der Waals surface area contributed by atoms with Crippen LogP contribution in [0.25, 0.3) is 0 Å². The third kappa shape index (κ3) is 4.00. The van der Waals surface area contributed by atoms with Crippen LogP contribution < -0.4 is 4.74 Å². The van der Waals surface area contributed by atoms with Crippen LogP contribution in [0, 0.1) is 5.92 Å². The molecule has 0 bridgehead atoms. The number of carbonyl (C=O) groups is 2. The number of hydrogen-bond acceptors (Lipinski definition) is 4. The van der Waals surface area contributed by atoms with E-state index in [-0.39, 0.29) is 23.8 Å². The maximum absolute atomic E-state index is 12.7. The zero-order valence-electron chi connectivity index (χ0n) is 13.4. The number of ether oxygens (including phenoxy) is 2. The summed E-state index contributed by atoms with van der Waals surface area (Å²) in [7, 11) is 1.57. The quantitative estimate of drug-likeness (QED) is 0.726. The van der Waals surface area contributed by atoms with E-state index in [4.69, 9.17) is 9.47 Å². The Bertz CT molecular complexity index is 539. The SMILES string of the molecule is CCOC(=O)C(C)CN(C(=O)c1cccc(OC)c1)C1CC1. The minimum Gasteiger partial charge on any atom is -0.497 e. The van der Waals surface area contributed by atoms with Crippen molar-refractivity contribution in [3.8, 4) is 5.75 Å². The fraction of sp³-hybridized carbons (Fsp3) is 0.529. The van der Waals surface area contributed by atoms with E-state index in [9.17, 15) is 9.59 Å². The molecule has 1 fully saturated rings. The second kappa shape index (κ2) is 7.29. The average molecular weight is 305 g/mol. The van der Waals surface area contributed by atoms with Gasteiger partial charge in [0.2, 0.25) is 0 Å². The van der Waals surface area contributed by atoms with Crippen LogP contribution in [0.5, 0.6) is 5.75 Å². The van der Waals surface area contributed by atoms with Crippen molar-refractivity contribution in [1.82, 2.24) is 4.90 Å². The number of nitrogens with zero attached hydrogens (tertiary/aromatic N) is 1. The van der Waals surface area contributed by atoms with Gasteiger partial charge in [-0.2, -0.15) is 0 Å². The van der Waals surface area contributed by atoms with E-state index in [1.807, 2.05) is 0 Å². The molecule has 0 aliphatic heterocycles. The zero-order chi connectivity index (χ0) is 16.1. The third-order valence-corrected chi connectivity index (χ3v) is 3.72. The van der Waals surface area contributed by atoms with Crippen molar-refractivity contribution in [2.45, 2.75) is 32.7 Å². The number of rotatable bonds is 7. The zero-order valence-corrected chi connectivity index (χ0v) is 13.4. The normalized spacial score (nSPS) is 15.0. The summed E-state index contributed by atoms with van der Waals surface area (Å²) in [4.78, 5) is 26.3. The highest BCUT2D eigenvalue weighted by Gasteiger charge is 2.35. The third-order valence-electron chi connectivity index (χ3n) is 3.72. The van der Waals surface area contributed by atoms with Crippen molar-refractivity contribution in [1.29, 1.82) is 0 Å². The van der Waals surface area contributed by atoms with Crippen LogP contribution in [0.1, 0.15) is 37.0 Å². The molecule has 0 saturated heterocycles. The Balaban J connectivity index is 2.10. The molecule has 1 aromatic carbocycles. The highest BCUT2D eigenvalue weighted by Crippen LogP contribution is 2.29. The summed E-state index contributed by atoms with van der Waals surface area (Å²) in [6, 6.07) is 7.34. The van der Waals surface area contributed by atoms with Gasteiger partial charge in [-0.3, -0.25) is 9.59 Å². The second-order valence-electron chi connectivity index (χ2n) is 5.57. The fourth-order valence-electron chi connectivity index (χ4n) is 2.36. The van der Waals surface area contributed by atoms with Gasteiger partial charge in [0.1, 0.15) is 5.75 Å². The van der Waals surface area contributed by atoms with Gasteiger partial charge < -0.3 is 14.4 Å². The Morgan fingerprint density at radius 2 is 2.09 bits per heavy atom. The van der Waals surface area contributed by atoms with Crippen LogP contribution in [0.2, 0.25) is 0 Å². The molecule has 0 aromatic heterocycles. The minimum atomic E-state index is -0.324. The number of methoxy groups -OCH3 is 1. The van der Waals surface area contributed by atoms with Crippen LogP contribution in [0.3, 0.4) is 0 Å². The summed E-state index contributed by atoms with van der Waals surface area (Å²) in [5, 5.41) is 0. The summed E-state index contributed by atoms with van der Waals surface area (Å²) < 4.78 is 10.2. The molecule has 5 nitrogen and oxygen atoms in total. The lowest BCUT2D eigenvalue weighted by molar-refractivity contribution is -0.147. The topological polar surface area (TPSA) is 55.8 Å². The second-order valence-corrected chi connectivity index (χ2v) is 5.57. The molecule has 5 heteroatoms. The monoisotopic (exact) mass is 305 g/mol. The predicted molar refractivity (Wildman–Crippen MR) is 82.8 cm³/mol. The van der Waals surface area contributed by atoms with Gasteiger partial charge >= 0.3 is 5.97 Å². The summed E-state index contributed by atoms with van der Waals surface area (Å²) in [5.74, 6) is 0.0132. The molecule has 1 atom stereocenters. The van der Waals surface area contributed by atoms with Gasteiger partial charge in [-0.15, -0.1) is 0 Å². The number of benzene rings is 1. The lowest BCUT2D eigenvalue weighted by Gasteiger charge is -2.25. The van der Waals surface area contributed by atoms with Crippen molar-refractivity contribution in [2.75, 3.05) is 20.3 Å². The molecule has 2 rings (SSSR count). The Morgan fingerprint density at radius 3 is 2.68 bits per heavy atom. The van der Waals surface area contributed by atoms with E-state index >= 15 is 0 Å². The number of carbonyl (C=O) groups excluding carboxylic acids is 2.